The minimum atomic E-state index is -0.286. The Morgan fingerprint density at radius 2 is 1.70 bits per heavy atom. The van der Waals surface area contributed by atoms with Crippen molar-refractivity contribution in [3.63, 3.8) is 0 Å². The lowest BCUT2D eigenvalue weighted by Crippen LogP contribution is -2.32. The molecule has 1 amide bonds. The number of furan rings is 1. The van der Waals surface area contributed by atoms with Gasteiger partial charge in [-0.1, -0.05) is 84.6 Å². The molecule has 8 heteroatoms. The van der Waals surface area contributed by atoms with E-state index >= 15 is 0 Å². The Balaban J connectivity index is 1.31. The zero-order chi connectivity index (χ0) is 27.3. The molecule has 0 radical (unpaired) electrons. The van der Waals surface area contributed by atoms with Gasteiger partial charge in [0.15, 0.2) is 5.17 Å². The van der Waals surface area contributed by atoms with Crippen molar-refractivity contribution in [1.82, 2.24) is 14.7 Å². The van der Waals surface area contributed by atoms with Crippen molar-refractivity contribution in [3.05, 3.63) is 132 Å². The fourth-order valence-electron chi connectivity index (χ4n) is 4.61. The van der Waals surface area contributed by atoms with E-state index in [1.54, 1.807) is 17.4 Å². The SMILES string of the molecule is Cc1ccccc1CC1SC(=NN=Cc2cn(-c3ccccc3)nc2-c2ccccc2)N(Cc2ccco2)C1=O. The van der Waals surface area contributed by atoms with E-state index in [0.29, 0.717) is 23.9 Å². The summed E-state index contributed by atoms with van der Waals surface area (Å²) in [6.07, 6.45) is 5.87. The van der Waals surface area contributed by atoms with Gasteiger partial charge in [0.05, 0.1) is 30.0 Å². The second-order valence-electron chi connectivity index (χ2n) is 9.45. The van der Waals surface area contributed by atoms with Gasteiger partial charge in [-0.3, -0.25) is 9.69 Å². The fourth-order valence-corrected chi connectivity index (χ4v) is 5.74. The second-order valence-corrected chi connectivity index (χ2v) is 10.6. The van der Waals surface area contributed by atoms with Gasteiger partial charge in [-0.25, -0.2) is 4.68 Å². The van der Waals surface area contributed by atoms with Gasteiger partial charge < -0.3 is 4.42 Å². The van der Waals surface area contributed by atoms with Gasteiger partial charge in [0.1, 0.15) is 11.5 Å². The Morgan fingerprint density at radius 3 is 2.45 bits per heavy atom. The smallest absolute Gasteiger partial charge is 0.242 e. The molecule has 0 aliphatic carbocycles. The van der Waals surface area contributed by atoms with Crippen LogP contribution in [0.2, 0.25) is 0 Å². The van der Waals surface area contributed by atoms with Crippen molar-refractivity contribution in [2.24, 2.45) is 10.2 Å². The van der Waals surface area contributed by atoms with Crippen molar-refractivity contribution >= 4 is 29.1 Å². The number of rotatable bonds is 8. The van der Waals surface area contributed by atoms with Crippen LogP contribution in [0.3, 0.4) is 0 Å². The lowest BCUT2D eigenvalue weighted by molar-refractivity contribution is -0.126. The van der Waals surface area contributed by atoms with Crippen LogP contribution in [0.1, 0.15) is 22.5 Å². The van der Waals surface area contributed by atoms with Gasteiger partial charge in [-0.2, -0.15) is 10.2 Å². The Kier molecular flexibility index (Phi) is 7.41. The molecule has 0 N–H and O–H groups in total. The summed E-state index contributed by atoms with van der Waals surface area (Å²) in [6, 6.07) is 31.8. The predicted molar refractivity (Wildman–Crippen MR) is 160 cm³/mol. The standard InChI is InChI=1S/C32H27N5O2S/c1-23-11-8-9-14-25(23)19-29-31(38)36(22-28-17-10-18-39-28)32(40-29)34-33-20-26-21-37(27-15-6-3-7-16-27)35-30(26)24-12-4-2-5-13-24/h2-18,20-21,29H,19,22H2,1H3. The van der Waals surface area contributed by atoms with Crippen molar-refractivity contribution in [3.8, 4) is 16.9 Å². The molecule has 3 heterocycles. The third-order valence-corrected chi connectivity index (χ3v) is 7.90. The highest BCUT2D eigenvalue weighted by molar-refractivity contribution is 8.15. The molecule has 1 aliphatic rings. The van der Waals surface area contributed by atoms with Gasteiger partial charge in [0.25, 0.3) is 0 Å². The molecular formula is C32H27N5O2S. The number of carbonyl (C=O) groups is 1. The van der Waals surface area contributed by atoms with Gasteiger partial charge >= 0.3 is 0 Å². The molecule has 198 valence electrons. The van der Waals surface area contributed by atoms with Crippen LogP contribution in [-0.2, 0) is 17.8 Å². The molecule has 7 nitrogen and oxygen atoms in total. The Hall–Kier alpha value is -4.69. The molecule has 0 spiro atoms. The molecule has 40 heavy (non-hydrogen) atoms. The number of amidine groups is 1. The first kappa shape index (κ1) is 25.6. The van der Waals surface area contributed by atoms with Crippen LogP contribution in [-0.4, -0.2) is 37.2 Å². The second kappa shape index (κ2) is 11.6. The van der Waals surface area contributed by atoms with Crippen LogP contribution in [0, 0.1) is 6.92 Å². The number of hydrogen-bond donors (Lipinski definition) is 0. The first-order valence-electron chi connectivity index (χ1n) is 13.0. The van der Waals surface area contributed by atoms with E-state index in [0.717, 1.165) is 28.1 Å². The molecule has 2 aromatic heterocycles. The van der Waals surface area contributed by atoms with E-state index in [1.807, 2.05) is 95.8 Å². The number of para-hydroxylation sites is 1. The highest BCUT2D eigenvalue weighted by atomic mass is 32.2. The molecular weight excluding hydrogens is 518 g/mol. The van der Waals surface area contributed by atoms with Crippen LogP contribution < -0.4 is 0 Å². The summed E-state index contributed by atoms with van der Waals surface area (Å²) >= 11 is 1.44. The average molecular weight is 546 g/mol. The summed E-state index contributed by atoms with van der Waals surface area (Å²) in [5.74, 6) is 0.693. The topological polar surface area (TPSA) is 76.0 Å². The summed E-state index contributed by atoms with van der Waals surface area (Å²) in [5, 5.41) is 14.1. The van der Waals surface area contributed by atoms with Gasteiger partial charge in [-0.15, -0.1) is 5.10 Å². The number of nitrogens with zero attached hydrogens (tertiary/aromatic N) is 5. The molecule has 1 fully saturated rings. The number of amides is 1. The largest absolute Gasteiger partial charge is 0.467 e. The van der Waals surface area contributed by atoms with Crippen molar-refractivity contribution in [1.29, 1.82) is 0 Å². The lowest BCUT2D eigenvalue weighted by atomic mass is 10.0. The molecule has 3 aromatic carbocycles. The molecule has 1 aliphatic heterocycles. The monoisotopic (exact) mass is 545 g/mol. The maximum absolute atomic E-state index is 13.5. The minimum Gasteiger partial charge on any atom is -0.467 e. The molecule has 6 rings (SSSR count). The number of aryl methyl sites for hydroxylation is 1. The number of hydrogen-bond acceptors (Lipinski definition) is 6. The van der Waals surface area contributed by atoms with Gasteiger partial charge in [0.2, 0.25) is 5.91 Å². The van der Waals surface area contributed by atoms with E-state index in [4.69, 9.17) is 9.52 Å². The normalized spacial score (nSPS) is 16.4. The molecule has 1 atom stereocenters. The number of thioether (sulfide) groups is 1. The van der Waals surface area contributed by atoms with E-state index in [2.05, 4.69) is 29.3 Å². The van der Waals surface area contributed by atoms with Crippen molar-refractivity contribution in [2.45, 2.75) is 25.1 Å². The molecule has 1 saturated heterocycles. The van der Waals surface area contributed by atoms with Crippen LogP contribution in [0.15, 0.2) is 124 Å². The van der Waals surface area contributed by atoms with E-state index in [9.17, 15) is 4.79 Å². The molecule has 5 aromatic rings. The summed E-state index contributed by atoms with van der Waals surface area (Å²) in [4.78, 5) is 15.2. The van der Waals surface area contributed by atoms with E-state index in [1.165, 1.54) is 17.3 Å². The summed E-state index contributed by atoms with van der Waals surface area (Å²) in [7, 11) is 0. The first-order valence-corrected chi connectivity index (χ1v) is 13.9. The van der Waals surface area contributed by atoms with Crippen LogP contribution in [0.4, 0.5) is 0 Å². The third-order valence-electron chi connectivity index (χ3n) is 6.73. The minimum absolute atomic E-state index is 0.000440. The maximum Gasteiger partial charge on any atom is 0.242 e. The van der Waals surface area contributed by atoms with E-state index < -0.39 is 0 Å². The van der Waals surface area contributed by atoms with E-state index in [-0.39, 0.29) is 11.2 Å². The summed E-state index contributed by atoms with van der Waals surface area (Å²) in [5.41, 5.74) is 5.87. The average Bonchev–Trinajstić information content (AvgIpc) is 3.73. The quantitative estimate of drug-likeness (QED) is 0.164. The summed E-state index contributed by atoms with van der Waals surface area (Å²) in [6.45, 7) is 2.37. The Labute approximate surface area is 236 Å². The van der Waals surface area contributed by atoms with Gasteiger partial charge in [-0.05, 0) is 48.7 Å². The highest BCUT2D eigenvalue weighted by Crippen LogP contribution is 2.32. The Bertz CT molecular complexity index is 1660. The van der Waals surface area contributed by atoms with Crippen molar-refractivity contribution < 1.29 is 9.21 Å². The molecule has 0 saturated carbocycles. The zero-order valence-corrected chi connectivity index (χ0v) is 22.7. The van der Waals surface area contributed by atoms with Crippen LogP contribution in [0.25, 0.3) is 16.9 Å². The highest BCUT2D eigenvalue weighted by Gasteiger charge is 2.38. The number of benzene rings is 3. The Morgan fingerprint density at radius 1 is 0.950 bits per heavy atom. The van der Waals surface area contributed by atoms with Crippen LogP contribution >= 0.6 is 11.8 Å². The molecule has 1 unspecified atom stereocenters. The maximum atomic E-state index is 13.5. The third kappa shape index (κ3) is 5.53. The number of carbonyl (C=O) groups excluding carboxylic acids is 1. The number of aromatic nitrogens is 2. The summed E-state index contributed by atoms with van der Waals surface area (Å²) < 4.78 is 7.38. The molecule has 0 bridgehead atoms. The first-order chi connectivity index (χ1) is 19.7. The van der Waals surface area contributed by atoms with Gasteiger partial charge in [0, 0.05) is 17.3 Å². The zero-order valence-electron chi connectivity index (χ0n) is 21.9. The predicted octanol–water partition coefficient (Wildman–Crippen LogP) is 6.52. The lowest BCUT2D eigenvalue weighted by Gasteiger charge is -2.14. The fraction of sp³-hybridized carbons (Fsp3) is 0.125. The van der Waals surface area contributed by atoms with Crippen molar-refractivity contribution in [2.75, 3.05) is 0 Å². The van der Waals surface area contributed by atoms with Crippen LogP contribution in [0.5, 0.6) is 0 Å².